The Kier molecular flexibility index (Phi) is 23.6. The summed E-state index contributed by atoms with van der Waals surface area (Å²) in [6, 6.07) is 0. The smallest absolute Gasteiger partial charge is 0.350 e. The van der Waals surface area contributed by atoms with Gasteiger partial charge in [-0.3, -0.25) is 9.59 Å². The van der Waals surface area contributed by atoms with E-state index in [0.29, 0.717) is 19.3 Å². The molecule has 45 heavy (non-hydrogen) atoms. The number of carbonyl (C=O) groups is 5. The molecule has 0 saturated carbocycles. The van der Waals surface area contributed by atoms with Crippen molar-refractivity contribution in [3.63, 3.8) is 0 Å². The van der Waals surface area contributed by atoms with Crippen LogP contribution in [-0.4, -0.2) is 93.0 Å². The Labute approximate surface area is 262 Å². The van der Waals surface area contributed by atoms with Gasteiger partial charge >= 0.3 is 29.8 Å². The maximum atomic E-state index is 12.4. The van der Waals surface area contributed by atoms with Gasteiger partial charge in [-0.25, -0.2) is 14.4 Å². The minimum absolute atomic E-state index is 0.106. The van der Waals surface area contributed by atoms with Crippen LogP contribution in [0.5, 0.6) is 0 Å². The van der Waals surface area contributed by atoms with Crippen LogP contribution in [0, 0.1) is 0 Å². The van der Waals surface area contributed by atoms with Crippen molar-refractivity contribution in [1.29, 1.82) is 0 Å². The van der Waals surface area contributed by atoms with Crippen LogP contribution in [0.25, 0.3) is 0 Å². The Morgan fingerprint density at radius 3 is 2.07 bits per heavy atom. The number of aliphatic hydroxyl groups is 2. The number of carboxylic acids is 3. The number of hydrogen-bond donors (Lipinski definition) is 5. The molecule has 4 atom stereocenters. The zero-order chi connectivity index (χ0) is 33.9. The fourth-order valence-electron chi connectivity index (χ4n) is 3.23. The first kappa shape index (κ1) is 40.7. The van der Waals surface area contributed by atoms with E-state index in [2.05, 4.69) is 4.74 Å². The molecule has 0 bridgehead atoms. The summed E-state index contributed by atoms with van der Waals surface area (Å²) in [6.45, 7) is 0.308. The van der Waals surface area contributed by atoms with Gasteiger partial charge in [-0.2, -0.15) is 0 Å². The Morgan fingerprint density at radius 2 is 1.42 bits per heavy atom. The second kappa shape index (κ2) is 26.1. The van der Waals surface area contributed by atoms with Crippen molar-refractivity contribution >= 4 is 29.8 Å². The number of aliphatic hydroxyl groups excluding tert-OH is 2. The lowest BCUT2D eigenvalue weighted by atomic mass is 10.1. The lowest BCUT2D eigenvalue weighted by molar-refractivity contribution is -0.176. The highest BCUT2D eigenvalue weighted by molar-refractivity contribution is 5.81. The molecule has 13 nitrogen and oxygen atoms in total. The Balaban J connectivity index is 5.27. The molecule has 0 aliphatic heterocycles. The van der Waals surface area contributed by atoms with Crippen molar-refractivity contribution in [1.82, 2.24) is 0 Å². The predicted octanol–water partition coefficient (Wildman–Crippen LogP) is 3.28. The summed E-state index contributed by atoms with van der Waals surface area (Å²) in [5.41, 5.74) is 0. The first-order chi connectivity index (χ1) is 21.5. The summed E-state index contributed by atoms with van der Waals surface area (Å²) < 4.78 is 15.3. The van der Waals surface area contributed by atoms with E-state index < -0.39 is 80.3 Å². The van der Waals surface area contributed by atoms with Crippen LogP contribution < -0.4 is 0 Å². The van der Waals surface area contributed by atoms with Gasteiger partial charge in [0.2, 0.25) is 6.10 Å². The second-order valence-corrected chi connectivity index (χ2v) is 9.40. The van der Waals surface area contributed by atoms with Crippen LogP contribution >= 0.6 is 0 Å². The summed E-state index contributed by atoms with van der Waals surface area (Å²) in [7, 11) is 0. The number of carbonyl (C=O) groups excluding carboxylic acids is 2. The van der Waals surface area contributed by atoms with Crippen molar-refractivity contribution in [2.45, 2.75) is 82.7 Å². The minimum atomic E-state index is -1.82. The minimum Gasteiger partial charge on any atom is -0.481 e. The second-order valence-electron chi connectivity index (χ2n) is 9.40. The molecule has 0 aliphatic rings. The van der Waals surface area contributed by atoms with Gasteiger partial charge < -0.3 is 39.7 Å². The maximum Gasteiger partial charge on any atom is 0.350 e. The van der Waals surface area contributed by atoms with Crippen molar-refractivity contribution in [2.75, 3.05) is 13.2 Å². The molecule has 0 saturated heterocycles. The van der Waals surface area contributed by atoms with Crippen LogP contribution in [-0.2, 0) is 38.2 Å². The van der Waals surface area contributed by atoms with E-state index in [1.54, 1.807) is 24.3 Å². The molecule has 0 spiro atoms. The summed E-state index contributed by atoms with van der Waals surface area (Å²) in [4.78, 5) is 56.6. The summed E-state index contributed by atoms with van der Waals surface area (Å²) in [6.07, 6.45) is 17.8. The lowest BCUT2D eigenvalue weighted by Gasteiger charge is -2.23. The fraction of sp³-hybridized carbons (Fsp3) is 0.469. The van der Waals surface area contributed by atoms with Crippen LogP contribution in [0.1, 0.15) is 58.3 Å². The Hall–Kier alpha value is -4.33. The third-order valence-corrected chi connectivity index (χ3v) is 5.55. The van der Waals surface area contributed by atoms with E-state index in [1.807, 2.05) is 49.5 Å². The van der Waals surface area contributed by atoms with E-state index in [0.717, 1.165) is 6.42 Å². The monoisotopic (exact) mass is 636 g/mol. The SMILES string of the molecule is CC/C=C\CC(O)C(/C=C/C=C/C=C\C/C=C\C/C=C\CCC(=O)O)OCC(OC(=O)CCC(O)C(=O)O)C(=O)OCC(=O)O. The topological polar surface area (TPSA) is 214 Å². The number of aliphatic carboxylic acids is 3. The van der Waals surface area contributed by atoms with Gasteiger partial charge in [-0.1, -0.05) is 79.8 Å². The summed E-state index contributed by atoms with van der Waals surface area (Å²) in [5.74, 6) is -6.09. The molecule has 0 rings (SSSR count). The lowest BCUT2D eigenvalue weighted by Crippen LogP contribution is -2.38. The van der Waals surface area contributed by atoms with Gasteiger partial charge in [0.1, 0.15) is 6.10 Å². The average Bonchev–Trinajstić information content (AvgIpc) is 2.99. The molecular weight excluding hydrogens is 592 g/mol. The molecular formula is C32H44O13. The zero-order valence-electron chi connectivity index (χ0n) is 25.3. The number of carboxylic acid groups (broad SMARTS) is 3. The van der Waals surface area contributed by atoms with E-state index in [1.165, 1.54) is 6.08 Å². The number of ether oxygens (including phenoxy) is 3. The van der Waals surface area contributed by atoms with Gasteiger partial charge in [0.25, 0.3) is 0 Å². The highest BCUT2D eigenvalue weighted by atomic mass is 16.6. The van der Waals surface area contributed by atoms with Crippen molar-refractivity contribution in [3.8, 4) is 0 Å². The van der Waals surface area contributed by atoms with Crippen molar-refractivity contribution < 1.29 is 63.7 Å². The normalized spacial score (nSPS) is 14.9. The van der Waals surface area contributed by atoms with E-state index in [4.69, 9.17) is 24.8 Å². The summed E-state index contributed by atoms with van der Waals surface area (Å²) in [5, 5.41) is 46.2. The Bertz CT molecular complexity index is 1080. The highest BCUT2D eigenvalue weighted by Crippen LogP contribution is 2.11. The van der Waals surface area contributed by atoms with Gasteiger partial charge in [-0.05, 0) is 38.5 Å². The first-order valence-corrected chi connectivity index (χ1v) is 14.4. The van der Waals surface area contributed by atoms with Crippen LogP contribution in [0.4, 0.5) is 0 Å². The largest absolute Gasteiger partial charge is 0.481 e. The summed E-state index contributed by atoms with van der Waals surface area (Å²) >= 11 is 0. The molecule has 0 aliphatic carbocycles. The molecule has 0 radical (unpaired) electrons. The molecule has 0 amide bonds. The molecule has 0 heterocycles. The van der Waals surface area contributed by atoms with Crippen molar-refractivity contribution in [2.24, 2.45) is 0 Å². The maximum absolute atomic E-state index is 12.4. The molecule has 0 fully saturated rings. The predicted molar refractivity (Wildman–Crippen MR) is 163 cm³/mol. The van der Waals surface area contributed by atoms with Gasteiger partial charge in [-0.15, -0.1) is 0 Å². The van der Waals surface area contributed by atoms with Gasteiger partial charge in [0.05, 0.1) is 12.7 Å². The standard InChI is InChI=1S/C32H44O13/c1-2-3-14-17-24(33)26(18-15-12-10-8-6-4-5-7-9-11-13-16-19-28(35)36)43-22-27(32(42)44-23-29(37)38)45-30(39)21-20-25(34)31(40)41/h3,5-8,10-15,18,24-27,33-34H,2,4,9,16-17,19-23H2,1H3,(H,35,36)(H,37,38)(H,40,41)/b7-5-,8-6-,12-10+,13-11-,14-3-,18-15+. The van der Waals surface area contributed by atoms with E-state index in [9.17, 15) is 34.2 Å². The van der Waals surface area contributed by atoms with Gasteiger partial charge in [0, 0.05) is 12.8 Å². The molecule has 0 aromatic rings. The Morgan fingerprint density at radius 1 is 0.756 bits per heavy atom. The van der Waals surface area contributed by atoms with Crippen molar-refractivity contribution in [3.05, 3.63) is 72.9 Å². The number of hydrogen-bond acceptors (Lipinski definition) is 10. The molecule has 13 heteroatoms. The third-order valence-electron chi connectivity index (χ3n) is 5.55. The molecule has 0 aromatic carbocycles. The quantitative estimate of drug-likeness (QED) is 0.0553. The third kappa shape index (κ3) is 23.8. The van der Waals surface area contributed by atoms with E-state index >= 15 is 0 Å². The number of allylic oxidation sites excluding steroid dienone is 10. The zero-order valence-corrected chi connectivity index (χ0v) is 25.3. The van der Waals surface area contributed by atoms with Crippen LogP contribution in [0.3, 0.4) is 0 Å². The molecule has 0 aromatic heterocycles. The highest BCUT2D eigenvalue weighted by Gasteiger charge is 2.28. The van der Waals surface area contributed by atoms with Crippen LogP contribution in [0.2, 0.25) is 0 Å². The number of rotatable bonds is 25. The molecule has 5 N–H and O–H groups in total. The number of esters is 2. The fourth-order valence-corrected chi connectivity index (χ4v) is 3.23. The average molecular weight is 637 g/mol. The first-order valence-electron chi connectivity index (χ1n) is 14.4. The van der Waals surface area contributed by atoms with Gasteiger partial charge in [0.15, 0.2) is 12.7 Å². The molecule has 250 valence electrons. The van der Waals surface area contributed by atoms with Crippen LogP contribution in [0.15, 0.2) is 72.9 Å². The molecule has 4 unspecified atom stereocenters. The van der Waals surface area contributed by atoms with E-state index in [-0.39, 0.29) is 12.8 Å².